The Kier molecular flexibility index (Phi) is 18.6. The van der Waals surface area contributed by atoms with Crippen molar-refractivity contribution in [2.24, 2.45) is 11.3 Å². The van der Waals surface area contributed by atoms with Crippen molar-refractivity contribution in [2.75, 3.05) is 51.8 Å². The first-order valence-corrected chi connectivity index (χ1v) is 27.2. The molecule has 1 aliphatic carbocycles. The number of β-amino-alcohol motifs (C(OH)–C–C–N with tert-alkyl or cyclic N) is 1. The number of benzene rings is 2. The Bertz CT molecular complexity index is 2920. The lowest BCUT2D eigenvalue weighted by Gasteiger charge is -2.35. The number of likely N-dealkylation sites (N-methyl/N-ethyl adjacent to an activating group) is 1. The lowest BCUT2D eigenvalue weighted by molar-refractivity contribution is -0.142. The Morgan fingerprint density at radius 1 is 0.949 bits per heavy atom. The van der Waals surface area contributed by atoms with E-state index in [9.17, 15) is 42.6 Å². The summed E-state index contributed by atoms with van der Waals surface area (Å²) in [5.74, 6) is -0.767. The van der Waals surface area contributed by atoms with Crippen molar-refractivity contribution in [2.45, 2.75) is 143 Å². The number of aromatic nitrogens is 4. The van der Waals surface area contributed by atoms with Crippen LogP contribution in [0.1, 0.15) is 127 Å². The van der Waals surface area contributed by atoms with Crippen LogP contribution in [0, 0.1) is 18.3 Å². The molecule has 4 heterocycles. The van der Waals surface area contributed by atoms with E-state index in [2.05, 4.69) is 37.9 Å². The Morgan fingerprint density at radius 3 is 2.33 bits per heavy atom. The monoisotopic (exact) mass is 1110 g/mol. The predicted octanol–water partition coefficient (Wildman–Crippen LogP) is 8.64. The summed E-state index contributed by atoms with van der Waals surface area (Å²) in [5.41, 5.74) is 0.974. The maximum absolute atomic E-state index is 14.1. The minimum atomic E-state index is -4.71. The fraction of sp³-hybridized carbons (Fsp3) is 0.554. The van der Waals surface area contributed by atoms with Gasteiger partial charge in [0.25, 0.3) is 5.91 Å². The molecule has 3 aromatic heterocycles. The van der Waals surface area contributed by atoms with Gasteiger partial charge >= 0.3 is 12.3 Å². The lowest BCUT2D eigenvalue weighted by Crippen LogP contribution is -2.58. The van der Waals surface area contributed by atoms with E-state index in [-0.39, 0.29) is 37.8 Å². The highest BCUT2D eigenvalue weighted by Gasteiger charge is 2.45. The highest BCUT2D eigenvalue weighted by molar-refractivity contribution is 7.13. The van der Waals surface area contributed by atoms with Crippen molar-refractivity contribution in [1.82, 2.24) is 40.2 Å². The van der Waals surface area contributed by atoms with Crippen LogP contribution in [0.3, 0.4) is 0 Å². The van der Waals surface area contributed by atoms with E-state index in [1.54, 1.807) is 73.0 Å². The largest absolute Gasteiger partial charge is 0.491 e. The zero-order chi connectivity index (χ0) is 56.9. The lowest BCUT2D eigenvalue weighted by atomic mass is 9.85. The smallest absolute Gasteiger partial charge is 0.433 e. The molecule has 1 aliphatic heterocycles. The number of rotatable bonds is 19. The van der Waals surface area contributed by atoms with Gasteiger partial charge in [-0.3, -0.25) is 19.1 Å². The van der Waals surface area contributed by atoms with Crippen LogP contribution in [0.25, 0.3) is 21.3 Å². The van der Waals surface area contributed by atoms with Gasteiger partial charge in [-0.2, -0.15) is 18.3 Å². The second-order valence-electron chi connectivity index (χ2n) is 23.0. The number of amides is 4. The zero-order valence-electron chi connectivity index (χ0n) is 46.1. The molecule has 7 rings (SSSR count). The van der Waals surface area contributed by atoms with Gasteiger partial charge in [-0.1, -0.05) is 39.0 Å². The van der Waals surface area contributed by atoms with Crippen molar-refractivity contribution in [3.63, 3.8) is 0 Å². The number of aliphatic hydroxyl groups is 2. The van der Waals surface area contributed by atoms with Gasteiger partial charge < -0.3 is 50.2 Å². The quantitative estimate of drug-likeness (QED) is 0.0489. The molecule has 2 aliphatic rings. The Balaban J connectivity index is 0.891. The van der Waals surface area contributed by atoms with E-state index in [0.717, 1.165) is 60.5 Å². The zero-order valence-corrected chi connectivity index (χ0v) is 46.9. The molecule has 0 radical (unpaired) electrons. The number of nitrogens with zero attached hydrogens (tertiary/aromatic N) is 6. The second-order valence-corrected chi connectivity index (χ2v) is 23.9. The van der Waals surface area contributed by atoms with Crippen molar-refractivity contribution in [3.8, 4) is 16.2 Å². The topological polar surface area (TPSA) is 223 Å². The van der Waals surface area contributed by atoms with Gasteiger partial charge in [0.15, 0.2) is 0 Å². The molecule has 5 aromatic rings. The Morgan fingerprint density at radius 2 is 1.68 bits per heavy atom. The molecule has 0 spiro atoms. The molecular weight excluding hydrogens is 1030 g/mol. The number of ether oxygens (including phenoxy) is 3. The number of aryl methyl sites for hydroxylation is 1. The molecular formula is C56H74F3N9O9S. The summed E-state index contributed by atoms with van der Waals surface area (Å²) >= 11 is 1.51. The molecule has 0 bridgehead atoms. The van der Waals surface area contributed by atoms with Crippen molar-refractivity contribution >= 4 is 51.7 Å². The highest BCUT2D eigenvalue weighted by Crippen LogP contribution is 2.37. The second kappa shape index (κ2) is 24.4. The van der Waals surface area contributed by atoms with Crippen molar-refractivity contribution in [3.05, 3.63) is 88.4 Å². The first-order chi connectivity index (χ1) is 36.5. The van der Waals surface area contributed by atoms with E-state index >= 15 is 0 Å². The summed E-state index contributed by atoms with van der Waals surface area (Å²) in [4.78, 5) is 66.4. The maximum atomic E-state index is 14.1. The predicted molar refractivity (Wildman–Crippen MR) is 290 cm³/mol. The third-order valence-corrected chi connectivity index (χ3v) is 14.8. The number of thiazole rings is 1. The number of nitrogens with one attached hydrogen (secondary N) is 3. The van der Waals surface area contributed by atoms with Crippen LogP contribution in [-0.4, -0.2) is 134 Å². The van der Waals surface area contributed by atoms with Crippen LogP contribution in [0.5, 0.6) is 5.75 Å². The number of likely N-dealkylation sites (tertiary alicyclic amines) is 1. The number of aliphatic hydroxyl groups excluding tert-OH is 1. The van der Waals surface area contributed by atoms with Crippen LogP contribution in [-0.2, 0) is 37.4 Å². The van der Waals surface area contributed by atoms with Gasteiger partial charge in [0.2, 0.25) is 11.8 Å². The number of carbonyl (C=O) groups excluding carboxylic acids is 4. The molecule has 424 valence electrons. The minimum absolute atomic E-state index is 0.0346. The molecule has 2 fully saturated rings. The fourth-order valence-electron chi connectivity index (χ4n) is 9.85. The summed E-state index contributed by atoms with van der Waals surface area (Å²) < 4.78 is 59.7. The summed E-state index contributed by atoms with van der Waals surface area (Å²) in [7, 11) is 2.07. The Labute approximate surface area is 457 Å². The molecule has 22 heteroatoms. The minimum Gasteiger partial charge on any atom is -0.491 e. The third kappa shape index (κ3) is 15.5. The number of carbonyl (C=O) groups is 4. The first kappa shape index (κ1) is 59.5. The van der Waals surface area contributed by atoms with Crippen LogP contribution in [0.4, 0.5) is 23.7 Å². The summed E-state index contributed by atoms with van der Waals surface area (Å²) in [6.07, 6.45) is -0.715. The van der Waals surface area contributed by atoms with Gasteiger partial charge in [-0.15, -0.1) is 11.3 Å². The number of pyridine rings is 1. The average molecular weight is 1110 g/mol. The average Bonchev–Trinajstić information content (AvgIpc) is 4.12. The fourth-order valence-corrected chi connectivity index (χ4v) is 10.7. The Hall–Kier alpha value is -6.20. The molecule has 4 amide bonds. The van der Waals surface area contributed by atoms with Crippen LogP contribution in [0.15, 0.2) is 60.2 Å². The van der Waals surface area contributed by atoms with Crippen molar-refractivity contribution < 1.29 is 56.8 Å². The normalized spacial score (nSPS) is 18.7. The van der Waals surface area contributed by atoms with Gasteiger partial charge in [-0.25, -0.2) is 14.8 Å². The van der Waals surface area contributed by atoms with E-state index in [1.165, 1.54) is 22.3 Å². The molecule has 1 saturated heterocycles. The third-order valence-electron chi connectivity index (χ3n) is 13.9. The van der Waals surface area contributed by atoms with E-state index < -0.39 is 76.2 Å². The number of alkyl carbamates (subject to hydrolysis) is 1. The first-order valence-electron chi connectivity index (χ1n) is 26.3. The molecule has 1 saturated carbocycles. The SMILES string of the molecule is Cc1ncsc1-c1ccc(CNC(=O)C2C[C@@H](O)CN2C(=O)[C@@H](NC(=O)OC(C)(C)C)C(C)(C)C)c(OCCOCCN(C)CC2CCC(n3cc4cc(NC(=O)c5cccc(C(F)(F)F)n5)c(C(C)(C)O)cc4n3)CC2)c1. The molecule has 18 nitrogen and oxygen atoms in total. The number of hydrogen-bond donors (Lipinski definition) is 5. The van der Waals surface area contributed by atoms with Crippen LogP contribution in [0.2, 0.25) is 0 Å². The van der Waals surface area contributed by atoms with Gasteiger partial charge in [-0.05, 0) is 122 Å². The highest BCUT2D eigenvalue weighted by atomic mass is 32.1. The number of alkyl halides is 3. The van der Waals surface area contributed by atoms with E-state index in [0.29, 0.717) is 53.5 Å². The van der Waals surface area contributed by atoms with E-state index in [4.69, 9.17) is 19.3 Å². The summed E-state index contributed by atoms with van der Waals surface area (Å²) in [5, 5.41) is 35.6. The molecule has 2 aromatic carbocycles. The van der Waals surface area contributed by atoms with E-state index in [1.807, 2.05) is 36.0 Å². The molecule has 5 N–H and O–H groups in total. The summed E-state index contributed by atoms with van der Waals surface area (Å²) in [6, 6.07) is 10.4. The standard InChI is InChI=1S/C56H74F3N9O9S/c1-33-47(78-32-61-33)35-16-17-36(28-60-50(71)44-26-39(69)31-67(44)51(72)48(53(2,3)4)64-52(73)77-54(5,6)7)45(25-35)76-23-22-75-21-20-66(10)29-34-14-18-38(19-15-34)68-30-37-24-43(40(55(8,9)74)27-42(37)65-68)63-49(70)41-12-11-13-46(62-41)56(57,58)59/h11-13,16-17,24-25,27,30,32,34,38-39,44,48,69,74H,14-15,18-23,26,28-29,31H2,1-10H3,(H,60,71)(H,63,70)(H,64,73)/t34?,38?,39-,44?,48-/m1/s1. The van der Waals surface area contributed by atoms with Gasteiger partial charge in [0, 0.05) is 61.0 Å². The molecule has 3 atom stereocenters. The van der Waals surface area contributed by atoms with Crippen LogP contribution >= 0.6 is 11.3 Å². The molecule has 1 unspecified atom stereocenters. The van der Waals surface area contributed by atoms with Gasteiger partial charge in [0.05, 0.1) is 52.6 Å². The number of hydrogen-bond acceptors (Lipinski definition) is 14. The number of fused-ring (bicyclic) bond motifs is 1. The summed E-state index contributed by atoms with van der Waals surface area (Å²) in [6.45, 7) is 18.3. The van der Waals surface area contributed by atoms with Crippen LogP contribution < -0.4 is 20.7 Å². The van der Waals surface area contributed by atoms with Gasteiger partial charge in [0.1, 0.15) is 41.4 Å². The van der Waals surface area contributed by atoms with Crippen molar-refractivity contribution in [1.29, 1.82) is 0 Å². The molecule has 78 heavy (non-hydrogen) atoms. The maximum Gasteiger partial charge on any atom is 0.433 e. The number of anilines is 1. The number of halogens is 3.